The number of carbonyl (C=O) groups is 3. The van der Waals surface area contributed by atoms with Crippen molar-refractivity contribution in [3.05, 3.63) is 77.0 Å². The largest absolute Gasteiger partial charge is 0.345 e. The van der Waals surface area contributed by atoms with Gasteiger partial charge < -0.3 is 16.0 Å². The van der Waals surface area contributed by atoms with E-state index in [1.807, 2.05) is 37.3 Å². The third kappa shape index (κ3) is 3.48. The normalized spacial score (nSPS) is 22.2. The van der Waals surface area contributed by atoms with Gasteiger partial charge in [-0.1, -0.05) is 30.3 Å². The summed E-state index contributed by atoms with van der Waals surface area (Å²) in [5, 5.41) is 12.0. The second kappa shape index (κ2) is 7.72. The Morgan fingerprint density at radius 1 is 1.16 bits per heavy atom. The molecular formula is C24H23N5O3. The minimum Gasteiger partial charge on any atom is -0.345 e. The molecule has 162 valence electrons. The van der Waals surface area contributed by atoms with Gasteiger partial charge in [-0.05, 0) is 48.7 Å². The SMILES string of the molecule is Cc1cc(Cc2ccc(C(=O)N[C@@H]3CNC[C@]34NC(=O)NC4=O)cc2)c2ccccc2n1. The molecule has 0 bridgehead atoms. The van der Waals surface area contributed by atoms with Crippen LogP contribution in [0.5, 0.6) is 0 Å². The Morgan fingerprint density at radius 2 is 1.94 bits per heavy atom. The summed E-state index contributed by atoms with van der Waals surface area (Å²) in [6.45, 7) is 2.65. The molecule has 5 rings (SSSR count). The van der Waals surface area contributed by atoms with Gasteiger partial charge in [0.1, 0.15) is 0 Å². The quantitative estimate of drug-likeness (QED) is 0.469. The van der Waals surface area contributed by atoms with Gasteiger partial charge in [0.2, 0.25) is 0 Å². The van der Waals surface area contributed by atoms with Crippen LogP contribution in [-0.4, -0.2) is 47.5 Å². The van der Waals surface area contributed by atoms with E-state index in [0.29, 0.717) is 12.1 Å². The van der Waals surface area contributed by atoms with Crippen LogP contribution in [0, 0.1) is 6.92 Å². The summed E-state index contributed by atoms with van der Waals surface area (Å²) in [4.78, 5) is 41.3. The Labute approximate surface area is 184 Å². The highest BCUT2D eigenvalue weighted by Gasteiger charge is 2.55. The van der Waals surface area contributed by atoms with Gasteiger partial charge in [-0.15, -0.1) is 0 Å². The zero-order chi connectivity index (χ0) is 22.3. The van der Waals surface area contributed by atoms with Crippen LogP contribution in [0.1, 0.15) is 27.2 Å². The van der Waals surface area contributed by atoms with Gasteiger partial charge in [0.05, 0.1) is 11.6 Å². The summed E-state index contributed by atoms with van der Waals surface area (Å²) < 4.78 is 0. The molecule has 8 heteroatoms. The Morgan fingerprint density at radius 3 is 2.69 bits per heavy atom. The van der Waals surface area contributed by atoms with Crippen molar-refractivity contribution >= 4 is 28.7 Å². The molecular weight excluding hydrogens is 406 g/mol. The summed E-state index contributed by atoms with van der Waals surface area (Å²) in [5.41, 5.74) is 3.56. The van der Waals surface area contributed by atoms with Gasteiger partial charge in [0.15, 0.2) is 5.54 Å². The number of hydrogen-bond acceptors (Lipinski definition) is 5. The highest BCUT2D eigenvalue weighted by molar-refractivity contribution is 6.08. The van der Waals surface area contributed by atoms with Crippen LogP contribution in [-0.2, 0) is 11.2 Å². The number of rotatable bonds is 4. The number of imide groups is 1. The summed E-state index contributed by atoms with van der Waals surface area (Å²) in [5.74, 6) is -0.711. The molecule has 2 aliphatic heterocycles. The molecule has 8 nitrogen and oxygen atoms in total. The monoisotopic (exact) mass is 429 g/mol. The second-order valence-electron chi connectivity index (χ2n) is 8.35. The molecule has 2 atom stereocenters. The lowest BCUT2D eigenvalue weighted by Gasteiger charge is -2.27. The first kappa shape index (κ1) is 20.1. The molecule has 1 spiro atoms. The second-order valence-corrected chi connectivity index (χ2v) is 8.35. The minimum absolute atomic E-state index is 0.272. The van der Waals surface area contributed by atoms with Gasteiger partial charge in [-0.3, -0.25) is 19.9 Å². The van der Waals surface area contributed by atoms with E-state index in [2.05, 4.69) is 38.4 Å². The lowest BCUT2D eigenvalue weighted by Crippen LogP contribution is -2.62. The average Bonchev–Trinajstić information content (AvgIpc) is 3.30. The smallest absolute Gasteiger partial charge is 0.322 e. The third-order valence-corrected chi connectivity index (χ3v) is 6.16. The Kier molecular flexibility index (Phi) is 4.86. The molecule has 2 aliphatic rings. The highest BCUT2D eigenvalue weighted by atomic mass is 16.2. The summed E-state index contributed by atoms with van der Waals surface area (Å²) >= 11 is 0. The number of nitrogens with one attached hydrogen (secondary N) is 4. The van der Waals surface area contributed by atoms with Crippen molar-refractivity contribution in [2.45, 2.75) is 24.9 Å². The van der Waals surface area contributed by atoms with Crippen molar-refractivity contribution in [2.75, 3.05) is 13.1 Å². The minimum atomic E-state index is -1.15. The van der Waals surface area contributed by atoms with Crippen LogP contribution in [0.25, 0.3) is 10.9 Å². The number of urea groups is 1. The van der Waals surface area contributed by atoms with E-state index in [4.69, 9.17) is 0 Å². The Balaban J connectivity index is 1.32. The standard InChI is InChI=1S/C24H23N5O3/c1-14-10-17(18-4-2-3-5-19(18)26-14)11-15-6-8-16(9-7-15)21(30)27-20-12-25-13-24(20)22(31)28-23(32)29-24/h2-10,20,25H,11-13H2,1H3,(H,27,30)(H2,28,29,31,32)/t20-,24+/m1/s1. The van der Waals surface area contributed by atoms with Gasteiger partial charge in [-0.25, -0.2) is 4.79 Å². The van der Waals surface area contributed by atoms with E-state index in [1.54, 1.807) is 12.1 Å². The summed E-state index contributed by atoms with van der Waals surface area (Å²) in [6, 6.07) is 16.5. The average molecular weight is 429 g/mol. The fourth-order valence-electron chi connectivity index (χ4n) is 4.54. The van der Waals surface area contributed by atoms with Crippen molar-refractivity contribution < 1.29 is 14.4 Å². The first-order valence-corrected chi connectivity index (χ1v) is 10.5. The number of pyridine rings is 1. The van der Waals surface area contributed by atoms with Gasteiger partial charge in [-0.2, -0.15) is 0 Å². The molecule has 0 unspecified atom stereocenters. The number of hydrogen-bond donors (Lipinski definition) is 4. The molecule has 2 saturated heterocycles. The van der Waals surface area contributed by atoms with Crippen molar-refractivity contribution in [1.82, 2.24) is 26.3 Å². The molecule has 1 aromatic heterocycles. The van der Waals surface area contributed by atoms with Gasteiger partial charge >= 0.3 is 6.03 Å². The van der Waals surface area contributed by atoms with Crippen molar-refractivity contribution in [2.24, 2.45) is 0 Å². The molecule has 0 saturated carbocycles. The Bertz CT molecular complexity index is 1240. The van der Waals surface area contributed by atoms with Crippen LogP contribution in [0.15, 0.2) is 54.6 Å². The number of para-hydroxylation sites is 1. The number of nitrogens with zero attached hydrogens (tertiary/aromatic N) is 1. The summed E-state index contributed by atoms with van der Waals surface area (Å²) in [6.07, 6.45) is 0.730. The zero-order valence-electron chi connectivity index (χ0n) is 17.6. The predicted octanol–water partition coefficient (Wildman–Crippen LogP) is 1.41. The van der Waals surface area contributed by atoms with E-state index >= 15 is 0 Å². The molecule has 0 aliphatic carbocycles. The Hall–Kier alpha value is -3.78. The maximum Gasteiger partial charge on any atom is 0.322 e. The van der Waals surface area contributed by atoms with Crippen LogP contribution in [0.4, 0.5) is 4.79 Å². The van der Waals surface area contributed by atoms with E-state index in [9.17, 15) is 14.4 Å². The number of fused-ring (bicyclic) bond motifs is 1. The number of carbonyl (C=O) groups excluding carboxylic acids is 3. The number of benzene rings is 2. The lowest BCUT2D eigenvalue weighted by atomic mass is 9.93. The van der Waals surface area contributed by atoms with E-state index < -0.39 is 23.5 Å². The van der Waals surface area contributed by atoms with Gasteiger partial charge in [0.25, 0.3) is 11.8 Å². The molecule has 2 fully saturated rings. The maximum atomic E-state index is 12.8. The number of aryl methyl sites for hydroxylation is 1. The number of amides is 4. The van der Waals surface area contributed by atoms with Crippen LogP contribution in [0.2, 0.25) is 0 Å². The van der Waals surface area contributed by atoms with Crippen molar-refractivity contribution in [3.63, 3.8) is 0 Å². The molecule has 32 heavy (non-hydrogen) atoms. The van der Waals surface area contributed by atoms with E-state index in [0.717, 1.165) is 28.6 Å². The first-order chi connectivity index (χ1) is 15.4. The van der Waals surface area contributed by atoms with Crippen LogP contribution < -0.4 is 21.3 Å². The molecule has 4 amide bonds. The van der Waals surface area contributed by atoms with E-state index in [-0.39, 0.29) is 12.5 Å². The molecule has 4 N–H and O–H groups in total. The summed E-state index contributed by atoms with van der Waals surface area (Å²) in [7, 11) is 0. The van der Waals surface area contributed by atoms with Crippen LogP contribution >= 0.6 is 0 Å². The molecule has 3 heterocycles. The van der Waals surface area contributed by atoms with Crippen molar-refractivity contribution in [3.8, 4) is 0 Å². The van der Waals surface area contributed by atoms with E-state index in [1.165, 1.54) is 5.56 Å². The predicted molar refractivity (Wildman–Crippen MR) is 119 cm³/mol. The molecule has 3 aromatic rings. The molecule has 2 aromatic carbocycles. The van der Waals surface area contributed by atoms with Crippen LogP contribution in [0.3, 0.4) is 0 Å². The fourth-order valence-corrected chi connectivity index (χ4v) is 4.54. The molecule has 0 radical (unpaired) electrons. The lowest BCUT2D eigenvalue weighted by molar-refractivity contribution is -0.123. The zero-order valence-corrected chi connectivity index (χ0v) is 17.6. The third-order valence-electron chi connectivity index (χ3n) is 6.16. The maximum absolute atomic E-state index is 12.8. The first-order valence-electron chi connectivity index (χ1n) is 10.5. The van der Waals surface area contributed by atoms with Crippen molar-refractivity contribution in [1.29, 1.82) is 0 Å². The topological polar surface area (TPSA) is 112 Å². The fraction of sp³-hybridized carbons (Fsp3) is 0.250. The van der Waals surface area contributed by atoms with Gasteiger partial charge in [0, 0.05) is 29.7 Å². The highest BCUT2D eigenvalue weighted by Crippen LogP contribution is 2.22. The number of aromatic nitrogens is 1.